The first-order valence-corrected chi connectivity index (χ1v) is 30.8. The van der Waals surface area contributed by atoms with Gasteiger partial charge < -0.3 is 39.0 Å². The molecule has 1 fully saturated rings. The standard InChI is InChI=1S/C71H104O12/c1-4-7-10-13-16-19-22-25-28-31-32-35-38-41-44-47-50-53-56-59-65(74)82-69-67(76)66(75)68(70(77)78)83-71(69)80-61-62(81-64(73)58-55-52-49-46-43-40-37-34-30-27-24-21-18-15-12-9-6-3)60-79-63(72)57-54-51-48-45-42-39-36-33-29-26-23-20-17-14-11-8-5-2/h7-12,16-21,25-30,32,35-37,39-41,44-46,48-49,62,66-69,71,75-76H,4-6,13-15,22-24,31,33-34,38,42-43,47,50-61H2,1-3H3,(H,77,78)/b10-7-,11-8-,12-9-,19-16-,20-17-,21-18-,28-25-,29-26-,30-27-,35-32-,39-36-,40-37-,44-41-,48-45-,49-46-. The molecule has 6 atom stereocenters. The van der Waals surface area contributed by atoms with Crippen LogP contribution in [0.4, 0.5) is 0 Å². The Bertz CT molecular complexity index is 2140. The number of aliphatic hydroxyl groups is 2. The summed E-state index contributed by atoms with van der Waals surface area (Å²) in [6, 6.07) is 0. The van der Waals surface area contributed by atoms with Crippen LogP contribution in [-0.2, 0) is 42.9 Å². The Labute approximate surface area is 500 Å². The van der Waals surface area contributed by atoms with E-state index < -0.39 is 67.3 Å². The maximum absolute atomic E-state index is 13.2. The van der Waals surface area contributed by atoms with E-state index in [9.17, 15) is 34.5 Å². The lowest BCUT2D eigenvalue weighted by molar-refractivity contribution is -0.301. The van der Waals surface area contributed by atoms with Crippen molar-refractivity contribution in [3.05, 3.63) is 182 Å². The third-order valence-electron chi connectivity index (χ3n) is 12.5. The minimum absolute atomic E-state index is 0.00302. The van der Waals surface area contributed by atoms with Crippen LogP contribution in [0.1, 0.15) is 188 Å². The van der Waals surface area contributed by atoms with E-state index in [0.29, 0.717) is 32.1 Å². The summed E-state index contributed by atoms with van der Waals surface area (Å²) < 4.78 is 28.3. The second kappa shape index (κ2) is 56.3. The summed E-state index contributed by atoms with van der Waals surface area (Å²) >= 11 is 0. The minimum Gasteiger partial charge on any atom is -0.479 e. The van der Waals surface area contributed by atoms with Gasteiger partial charge in [-0.1, -0.05) is 209 Å². The number of unbranched alkanes of at least 4 members (excludes halogenated alkanes) is 5. The number of hydrogen-bond donors (Lipinski definition) is 3. The molecule has 0 aromatic heterocycles. The third kappa shape index (κ3) is 46.0. The van der Waals surface area contributed by atoms with Crippen molar-refractivity contribution in [2.45, 2.75) is 225 Å². The van der Waals surface area contributed by atoms with Gasteiger partial charge in [0.05, 0.1) is 6.61 Å². The van der Waals surface area contributed by atoms with Crippen LogP contribution in [0.25, 0.3) is 0 Å². The number of carboxylic acids is 1. The Kier molecular flexibility index (Phi) is 50.8. The molecule has 460 valence electrons. The lowest BCUT2D eigenvalue weighted by atomic mass is 9.98. The predicted octanol–water partition coefficient (Wildman–Crippen LogP) is 16.4. The SMILES string of the molecule is CC/C=C\C/C=C\C/C=C\C/C=C\C/C=C\CCCCCC(=O)OC1C(OCC(COC(=O)CCC/C=C\C/C=C\C/C=C\C/C=C\C/C=C\CC)OC(=O)CCC/C=C\C/C=C\C/C=C\C/C=C\C/C=C\CC)OC(C(=O)O)C(O)C1O. The molecule has 0 aromatic carbocycles. The van der Waals surface area contributed by atoms with Gasteiger partial charge in [-0.05, 0) is 141 Å². The molecule has 1 heterocycles. The zero-order valence-electron chi connectivity index (χ0n) is 50.6. The molecular formula is C71H104O12. The first kappa shape index (κ1) is 74.8. The maximum atomic E-state index is 13.2. The van der Waals surface area contributed by atoms with Gasteiger partial charge in [0.15, 0.2) is 24.6 Å². The molecule has 0 radical (unpaired) electrons. The summed E-state index contributed by atoms with van der Waals surface area (Å²) in [4.78, 5) is 51.2. The Hall–Kier alpha value is -6.18. The molecule has 1 aliphatic rings. The van der Waals surface area contributed by atoms with Crippen LogP contribution >= 0.6 is 0 Å². The van der Waals surface area contributed by atoms with Crippen molar-refractivity contribution in [1.29, 1.82) is 0 Å². The zero-order chi connectivity index (χ0) is 60.3. The van der Waals surface area contributed by atoms with Crippen LogP contribution in [0, 0.1) is 0 Å². The Morgan fingerprint density at radius 3 is 1.11 bits per heavy atom. The van der Waals surface area contributed by atoms with Gasteiger partial charge in [0.2, 0.25) is 0 Å². The van der Waals surface area contributed by atoms with E-state index in [-0.39, 0.29) is 25.9 Å². The summed E-state index contributed by atoms with van der Waals surface area (Å²) in [7, 11) is 0. The molecule has 3 N–H and O–H groups in total. The summed E-state index contributed by atoms with van der Waals surface area (Å²) in [5, 5.41) is 31.6. The highest BCUT2D eigenvalue weighted by molar-refractivity contribution is 5.74. The third-order valence-corrected chi connectivity index (χ3v) is 12.5. The smallest absolute Gasteiger partial charge is 0.335 e. The normalized spacial score (nSPS) is 18.9. The van der Waals surface area contributed by atoms with E-state index in [1.54, 1.807) is 0 Å². The van der Waals surface area contributed by atoms with Gasteiger partial charge in [-0.2, -0.15) is 0 Å². The summed E-state index contributed by atoms with van der Waals surface area (Å²) in [5.41, 5.74) is 0. The maximum Gasteiger partial charge on any atom is 0.335 e. The molecular weight excluding hydrogens is 1040 g/mol. The highest BCUT2D eigenvalue weighted by Gasteiger charge is 2.50. The fourth-order valence-corrected chi connectivity index (χ4v) is 7.87. The van der Waals surface area contributed by atoms with Gasteiger partial charge in [0.25, 0.3) is 0 Å². The number of ether oxygens (including phenoxy) is 5. The lowest BCUT2D eigenvalue weighted by Crippen LogP contribution is -2.61. The first-order valence-electron chi connectivity index (χ1n) is 30.8. The molecule has 0 amide bonds. The van der Waals surface area contributed by atoms with Crippen molar-refractivity contribution in [3.8, 4) is 0 Å². The average molecular weight is 1150 g/mol. The van der Waals surface area contributed by atoms with Gasteiger partial charge in [0.1, 0.15) is 18.8 Å². The molecule has 0 bridgehead atoms. The van der Waals surface area contributed by atoms with E-state index in [1.165, 1.54) is 0 Å². The topological polar surface area (TPSA) is 175 Å². The molecule has 12 heteroatoms. The molecule has 1 aliphatic heterocycles. The Morgan fingerprint density at radius 2 is 0.735 bits per heavy atom. The average Bonchev–Trinajstić information content (AvgIpc) is 3.55. The quantitative estimate of drug-likeness (QED) is 0.0228. The highest BCUT2D eigenvalue weighted by Crippen LogP contribution is 2.26. The number of carbonyl (C=O) groups excluding carboxylic acids is 3. The van der Waals surface area contributed by atoms with Crippen molar-refractivity contribution in [2.24, 2.45) is 0 Å². The monoisotopic (exact) mass is 1150 g/mol. The van der Waals surface area contributed by atoms with E-state index in [2.05, 4.69) is 179 Å². The molecule has 1 rings (SSSR count). The van der Waals surface area contributed by atoms with Crippen LogP contribution < -0.4 is 0 Å². The number of rotatable bonds is 49. The number of aliphatic hydroxyl groups excluding tert-OH is 2. The summed E-state index contributed by atoms with van der Waals surface area (Å²) in [5.74, 6) is -3.36. The van der Waals surface area contributed by atoms with Crippen molar-refractivity contribution in [3.63, 3.8) is 0 Å². The highest BCUT2D eigenvalue weighted by atomic mass is 16.7. The fourth-order valence-electron chi connectivity index (χ4n) is 7.87. The van der Waals surface area contributed by atoms with Crippen molar-refractivity contribution in [2.75, 3.05) is 13.2 Å². The molecule has 12 nitrogen and oxygen atoms in total. The minimum atomic E-state index is -1.94. The van der Waals surface area contributed by atoms with Gasteiger partial charge in [-0.15, -0.1) is 0 Å². The van der Waals surface area contributed by atoms with E-state index >= 15 is 0 Å². The zero-order valence-corrected chi connectivity index (χ0v) is 50.6. The summed E-state index contributed by atoms with van der Waals surface area (Å²) in [6.45, 7) is 5.52. The predicted molar refractivity (Wildman–Crippen MR) is 339 cm³/mol. The van der Waals surface area contributed by atoms with Crippen LogP contribution in [-0.4, -0.2) is 89.2 Å². The number of allylic oxidation sites excluding steroid dienone is 30. The number of esters is 3. The number of carboxylic acid groups (broad SMARTS) is 1. The van der Waals surface area contributed by atoms with E-state index in [0.717, 1.165) is 116 Å². The van der Waals surface area contributed by atoms with Crippen molar-refractivity contribution >= 4 is 23.9 Å². The second-order valence-electron chi connectivity index (χ2n) is 19.8. The van der Waals surface area contributed by atoms with E-state index in [1.807, 2.05) is 24.3 Å². The Balaban J connectivity index is 2.79. The van der Waals surface area contributed by atoms with Crippen molar-refractivity contribution in [1.82, 2.24) is 0 Å². The molecule has 0 aromatic rings. The van der Waals surface area contributed by atoms with Crippen LogP contribution in [0.15, 0.2) is 182 Å². The molecule has 1 saturated heterocycles. The number of hydrogen-bond acceptors (Lipinski definition) is 11. The van der Waals surface area contributed by atoms with Crippen LogP contribution in [0.3, 0.4) is 0 Å². The van der Waals surface area contributed by atoms with Gasteiger partial charge in [-0.25, -0.2) is 4.79 Å². The lowest BCUT2D eigenvalue weighted by Gasteiger charge is -2.40. The fraction of sp³-hybridized carbons (Fsp3) is 0.521. The van der Waals surface area contributed by atoms with Gasteiger partial charge >= 0.3 is 23.9 Å². The van der Waals surface area contributed by atoms with Crippen molar-refractivity contribution < 1.29 is 58.2 Å². The second-order valence-corrected chi connectivity index (χ2v) is 19.8. The number of aliphatic carboxylic acids is 1. The number of carbonyl (C=O) groups is 4. The molecule has 0 aliphatic carbocycles. The van der Waals surface area contributed by atoms with E-state index in [4.69, 9.17) is 23.7 Å². The summed E-state index contributed by atoms with van der Waals surface area (Å²) in [6.07, 6.45) is 72.9. The molecule has 83 heavy (non-hydrogen) atoms. The van der Waals surface area contributed by atoms with Gasteiger partial charge in [-0.3, -0.25) is 14.4 Å². The molecule has 0 spiro atoms. The first-order chi connectivity index (χ1) is 40.6. The Morgan fingerprint density at radius 1 is 0.398 bits per heavy atom. The van der Waals surface area contributed by atoms with Crippen LogP contribution in [0.5, 0.6) is 0 Å². The van der Waals surface area contributed by atoms with Crippen LogP contribution in [0.2, 0.25) is 0 Å². The largest absolute Gasteiger partial charge is 0.479 e. The van der Waals surface area contributed by atoms with Gasteiger partial charge in [0, 0.05) is 19.3 Å². The molecule has 0 saturated carbocycles. The molecule has 6 unspecified atom stereocenters.